The van der Waals surface area contributed by atoms with Crippen molar-refractivity contribution in [1.29, 1.82) is 0 Å². The minimum absolute atomic E-state index is 0.136. The van der Waals surface area contributed by atoms with Gasteiger partial charge in [-0.1, -0.05) is 0 Å². The molecule has 100 valence electrons. The Morgan fingerprint density at radius 2 is 2.11 bits per heavy atom. The molecule has 2 atom stereocenters. The van der Waals surface area contributed by atoms with E-state index in [0.717, 1.165) is 24.1 Å². The minimum atomic E-state index is -0.896. The fraction of sp³-hybridized carbons (Fsp3) is 0.538. The lowest BCUT2D eigenvalue weighted by atomic mass is 9.88. The third kappa shape index (κ3) is 1.66. The summed E-state index contributed by atoms with van der Waals surface area (Å²) < 4.78 is 13.7. The van der Waals surface area contributed by atoms with Gasteiger partial charge in [-0.15, -0.1) is 0 Å². The first-order chi connectivity index (χ1) is 9.16. The number of hydrogen-bond donors (Lipinski definition) is 1. The van der Waals surface area contributed by atoms with Crippen LogP contribution in [0.5, 0.6) is 0 Å². The number of aromatic nitrogens is 3. The summed E-state index contributed by atoms with van der Waals surface area (Å²) in [4.78, 5) is 4.32. The third-order valence-electron chi connectivity index (χ3n) is 4.38. The fourth-order valence-corrected chi connectivity index (χ4v) is 5.53. The molecule has 0 saturated carbocycles. The maximum atomic E-state index is 12.0. The van der Waals surface area contributed by atoms with Gasteiger partial charge in [0, 0.05) is 45.3 Å². The van der Waals surface area contributed by atoms with Gasteiger partial charge >= 0.3 is 0 Å². The second kappa shape index (κ2) is 3.86. The van der Waals surface area contributed by atoms with Gasteiger partial charge < -0.3 is 5.11 Å². The average molecular weight is 277 g/mol. The van der Waals surface area contributed by atoms with Crippen LogP contribution in [-0.2, 0) is 16.4 Å². The molecule has 0 aliphatic carbocycles. The zero-order valence-electron chi connectivity index (χ0n) is 10.4. The Balaban J connectivity index is 1.76. The summed E-state index contributed by atoms with van der Waals surface area (Å²) in [6.07, 6.45) is 8.35. The highest BCUT2D eigenvalue weighted by atomic mass is 32.2. The molecule has 2 bridgehead atoms. The standard InChI is InChI=1S/C13H15N3O2S/c17-13(5-10-1-2-11(6-13)19(10)18)9-7-14-12-3-4-15-16(12)8-9/h3-4,7-8,10-11,17H,1-2,5-6H2. The van der Waals surface area contributed by atoms with E-state index in [9.17, 15) is 9.32 Å². The molecule has 4 heterocycles. The largest absolute Gasteiger partial charge is 0.385 e. The number of rotatable bonds is 1. The normalized spacial score (nSPS) is 37.8. The Morgan fingerprint density at radius 3 is 2.84 bits per heavy atom. The van der Waals surface area contributed by atoms with Crippen LogP contribution in [0.3, 0.4) is 0 Å². The van der Waals surface area contributed by atoms with Gasteiger partial charge in [0.2, 0.25) is 0 Å². The smallest absolute Gasteiger partial charge is 0.154 e. The quantitative estimate of drug-likeness (QED) is 0.844. The molecule has 2 aromatic rings. The molecule has 0 spiro atoms. The molecule has 2 aliphatic heterocycles. The maximum absolute atomic E-state index is 12.0. The van der Waals surface area contributed by atoms with E-state index in [1.54, 1.807) is 16.9 Å². The van der Waals surface area contributed by atoms with Gasteiger partial charge in [-0.05, 0) is 25.7 Å². The monoisotopic (exact) mass is 277 g/mol. The molecule has 0 amide bonds. The van der Waals surface area contributed by atoms with Gasteiger partial charge in [-0.25, -0.2) is 9.50 Å². The number of nitrogens with zero attached hydrogens (tertiary/aromatic N) is 3. The molecule has 6 heteroatoms. The van der Waals surface area contributed by atoms with E-state index in [-0.39, 0.29) is 10.5 Å². The van der Waals surface area contributed by atoms with Gasteiger partial charge in [-0.2, -0.15) is 5.10 Å². The fourth-order valence-electron chi connectivity index (χ4n) is 3.37. The number of hydrogen-bond acceptors (Lipinski definition) is 4. The second-order valence-corrected chi connectivity index (χ2v) is 7.56. The van der Waals surface area contributed by atoms with E-state index in [2.05, 4.69) is 10.1 Å². The zero-order chi connectivity index (χ0) is 13.0. The number of aliphatic hydroxyl groups is 1. The lowest BCUT2D eigenvalue weighted by Crippen LogP contribution is -2.40. The Bertz CT molecular complexity index is 653. The maximum Gasteiger partial charge on any atom is 0.154 e. The summed E-state index contributed by atoms with van der Waals surface area (Å²) in [6, 6.07) is 1.83. The number of fused-ring (bicyclic) bond motifs is 3. The average Bonchev–Trinajstić information content (AvgIpc) is 2.94. The third-order valence-corrected chi connectivity index (χ3v) is 6.50. The Kier molecular flexibility index (Phi) is 2.35. The molecule has 2 fully saturated rings. The van der Waals surface area contributed by atoms with E-state index in [4.69, 9.17) is 0 Å². The molecule has 5 nitrogen and oxygen atoms in total. The molecule has 19 heavy (non-hydrogen) atoms. The second-order valence-electron chi connectivity index (χ2n) is 5.57. The van der Waals surface area contributed by atoms with Crippen molar-refractivity contribution in [2.75, 3.05) is 0 Å². The van der Waals surface area contributed by atoms with Crippen molar-refractivity contribution in [3.63, 3.8) is 0 Å². The highest BCUT2D eigenvalue weighted by molar-refractivity contribution is 7.86. The molecule has 2 unspecified atom stereocenters. The molecule has 2 aliphatic rings. The molecule has 0 aromatic carbocycles. The predicted octanol–water partition coefficient (Wildman–Crippen LogP) is 0.990. The van der Waals surface area contributed by atoms with Crippen LogP contribution in [0.25, 0.3) is 5.65 Å². The highest BCUT2D eigenvalue weighted by Crippen LogP contribution is 2.45. The Labute approximate surface area is 113 Å². The van der Waals surface area contributed by atoms with Crippen LogP contribution in [0.2, 0.25) is 0 Å². The molecular formula is C13H15N3O2S. The Hall–Kier alpha value is -1.27. The molecular weight excluding hydrogens is 262 g/mol. The van der Waals surface area contributed by atoms with Crippen molar-refractivity contribution in [3.8, 4) is 0 Å². The van der Waals surface area contributed by atoms with Crippen LogP contribution >= 0.6 is 0 Å². The summed E-state index contributed by atoms with van der Waals surface area (Å²) in [5, 5.41) is 15.4. The first-order valence-electron chi connectivity index (χ1n) is 6.57. The minimum Gasteiger partial charge on any atom is -0.385 e. The first-order valence-corrected chi connectivity index (χ1v) is 7.85. The summed E-state index contributed by atoms with van der Waals surface area (Å²) >= 11 is 0. The van der Waals surface area contributed by atoms with Crippen molar-refractivity contribution in [3.05, 3.63) is 30.2 Å². The van der Waals surface area contributed by atoms with E-state index in [1.165, 1.54) is 0 Å². The highest BCUT2D eigenvalue weighted by Gasteiger charge is 2.48. The van der Waals surface area contributed by atoms with Crippen LogP contribution in [0, 0.1) is 0 Å². The first kappa shape index (κ1) is 11.5. The summed E-state index contributed by atoms with van der Waals surface area (Å²) in [7, 11) is -0.761. The van der Waals surface area contributed by atoms with Crippen molar-refractivity contribution in [2.24, 2.45) is 0 Å². The van der Waals surface area contributed by atoms with E-state index >= 15 is 0 Å². The molecule has 2 aromatic heterocycles. The lowest BCUT2D eigenvalue weighted by molar-refractivity contribution is 0.0177. The Morgan fingerprint density at radius 1 is 1.37 bits per heavy atom. The van der Waals surface area contributed by atoms with E-state index in [0.29, 0.717) is 12.8 Å². The summed E-state index contributed by atoms with van der Waals surface area (Å²) in [5.41, 5.74) is 0.666. The van der Waals surface area contributed by atoms with Crippen LogP contribution in [-0.4, -0.2) is 34.4 Å². The molecule has 0 radical (unpaired) electrons. The van der Waals surface area contributed by atoms with Crippen LogP contribution < -0.4 is 0 Å². The van der Waals surface area contributed by atoms with Gasteiger partial charge in [-0.3, -0.25) is 4.21 Å². The van der Waals surface area contributed by atoms with E-state index < -0.39 is 16.4 Å². The SMILES string of the molecule is O=S1C2CCC1CC(O)(c1cnc3ccnn3c1)C2. The van der Waals surface area contributed by atoms with Crippen molar-refractivity contribution in [2.45, 2.75) is 41.8 Å². The molecule has 1 N–H and O–H groups in total. The summed E-state index contributed by atoms with van der Waals surface area (Å²) in [5.74, 6) is 0. The molecule has 4 rings (SSSR count). The van der Waals surface area contributed by atoms with Crippen molar-refractivity contribution >= 4 is 16.4 Å². The summed E-state index contributed by atoms with van der Waals surface area (Å²) in [6.45, 7) is 0. The van der Waals surface area contributed by atoms with Crippen LogP contribution in [0.15, 0.2) is 24.7 Å². The van der Waals surface area contributed by atoms with Crippen LogP contribution in [0.4, 0.5) is 0 Å². The van der Waals surface area contributed by atoms with Gasteiger partial charge in [0.05, 0.1) is 11.8 Å². The van der Waals surface area contributed by atoms with Crippen LogP contribution in [0.1, 0.15) is 31.2 Å². The van der Waals surface area contributed by atoms with Crippen molar-refractivity contribution < 1.29 is 9.32 Å². The topological polar surface area (TPSA) is 67.5 Å². The zero-order valence-corrected chi connectivity index (χ0v) is 11.2. The predicted molar refractivity (Wildman–Crippen MR) is 71.1 cm³/mol. The van der Waals surface area contributed by atoms with Crippen molar-refractivity contribution in [1.82, 2.24) is 14.6 Å². The van der Waals surface area contributed by atoms with Gasteiger partial charge in [0.15, 0.2) is 5.65 Å². The molecule has 2 saturated heterocycles. The van der Waals surface area contributed by atoms with Gasteiger partial charge in [0.1, 0.15) is 0 Å². The van der Waals surface area contributed by atoms with E-state index in [1.807, 2.05) is 12.3 Å². The van der Waals surface area contributed by atoms with Gasteiger partial charge in [0.25, 0.3) is 0 Å². The lowest BCUT2D eigenvalue weighted by Gasteiger charge is -2.35.